The lowest BCUT2D eigenvalue weighted by Crippen LogP contribution is -2.21. The Morgan fingerprint density at radius 3 is 2.23 bits per heavy atom. The summed E-state index contributed by atoms with van der Waals surface area (Å²) < 4.78 is 37.7. The molecule has 31 heavy (non-hydrogen) atoms. The van der Waals surface area contributed by atoms with Crippen molar-refractivity contribution in [1.29, 1.82) is 0 Å². The number of carbonyl (C=O) groups is 2. The molecule has 9 heteroatoms. The summed E-state index contributed by atoms with van der Waals surface area (Å²) in [6.45, 7) is 6.64. The fourth-order valence-corrected chi connectivity index (χ4v) is 2.87. The molecule has 0 fully saturated rings. The number of alkyl halides is 3. The molecular formula is C22H34F3NO5. The topological polar surface area (TPSA) is 95.9 Å². The van der Waals surface area contributed by atoms with E-state index in [0.717, 1.165) is 31.7 Å². The maximum Gasteiger partial charge on any atom is 0.490 e. The van der Waals surface area contributed by atoms with E-state index in [1.54, 1.807) is 0 Å². The average Bonchev–Trinajstić information content (AvgIpc) is 2.69. The van der Waals surface area contributed by atoms with Crippen molar-refractivity contribution in [2.45, 2.75) is 65.0 Å². The molecule has 0 aromatic heterocycles. The predicted molar refractivity (Wildman–Crippen MR) is 112 cm³/mol. The van der Waals surface area contributed by atoms with Gasteiger partial charge in [-0.05, 0) is 55.8 Å². The summed E-state index contributed by atoms with van der Waals surface area (Å²) in [4.78, 5) is 19.3. The Hall–Kier alpha value is -2.29. The van der Waals surface area contributed by atoms with Crippen molar-refractivity contribution in [2.24, 2.45) is 5.92 Å². The van der Waals surface area contributed by atoms with Crippen LogP contribution in [-0.2, 0) is 16.0 Å². The average molecular weight is 450 g/mol. The van der Waals surface area contributed by atoms with Crippen molar-refractivity contribution in [3.05, 3.63) is 29.8 Å². The number of carboxylic acid groups (broad SMARTS) is 2. The van der Waals surface area contributed by atoms with Gasteiger partial charge in [0.15, 0.2) is 0 Å². The number of nitrogens with one attached hydrogen (secondary N) is 1. The first-order valence-electron chi connectivity index (χ1n) is 10.5. The van der Waals surface area contributed by atoms with E-state index >= 15 is 0 Å². The smallest absolute Gasteiger partial charge is 0.490 e. The Bertz CT molecular complexity index is 632. The maximum absolute atomic E-state index is 10.6. The third-order valence-electron chi connectivity index (χ3n) is 4.36. The summed E-state index contributed by atoms with van der Waals surface area (Å²) in [6, 6.07) is 8.34. The van der Waals surface area contributed by atoms with Gasteiger partial charge in [-0.3, -0.25) is 4.79 Å². The van der Waals surface area contributed by atoms with Gasteiger partial charge in [-0.1, -0.05) is 38.8 Å². The number of hydrogen-bond donors (Lipinski definition) is 3. The van der Waals surface area contributed by atoms with Gasteiger partial charge in [-0.2, -0.15) is 13.2 Å². The Labute approximate surface area is 181 Å². The molecule has 0 aliphatic rings. The molecule has 1 aromatic carbocycles. The van der Waals surface area contributed by atoms with Crippen LogP contribution in [0.5, 0.6) is 5.75 Å². The second-order valence-corrected chi connectivity index (χ2v) is 7.20. The number of aliphatic carboxylic acids is 2. The Morgan fingerprint density at radius 2 is 1.71 bits per heavy atom. The van der Waals surface area contributed by atoms with Crippen LogP contribution in [0.25, 0.3) is 0 Å². The van der Waals surface area contributed by atoms with E-state index in [4.69, 9.17) is 19.7 Å². The first-order chi connectivity index (χ1) is 14.6. The van der Waals surface area contributed by atoms with Crippen LogP contribution in [0.2, 0.25) is 0 Å². The van der Waals surface area contributed by atoms with E-state index in [2.05, 4.69) is 37.4 Å². The number of rotatable bonds is 14. The molecule has 0 saturated carbocycles. The molecule has 0 aliphatic carbocycles. The van der Waals surface area contributed by atoms with Gasteiger partial charge in [0.25, 0.3) is 0 Å². The fraction of sp³-hybridized carbons (Fsp3) is 0.636. The highest BCUT2D eigenvalue weighted by molar-refractivity contribution is 5.73. The molecule has 1 aromatic rings. The van der Waals surface area contributed by atoms with E-state index in [-0.39, 0.29) is 6.42 Å². The van der Waals surface area contributed by atoms with Gasteiger partial charge >= 0.3 is 18.1 Å². The molecule has 1 rings (SSSR count). The van der Waals surface area contributed by atoms with Crippen molar-refractivity contribution >= 4 is 11.9 Å². The molecular weight excluding hydrogens is 415 g/mol. The summed E-state index contributed by atoms with van der Waals surface area (Å²) >= 11 is 0. The number of hydrogen-bond acceptors (Lipinski definition) is 4. The monoisotopic (exact) mass is 449 g/mol. The molecule has 0 saturated heterocycles. The Balaban J connectivity index is 0.00000110. The van der Waals surface area contributed by atoms with Gasteiger partial charge in [0.2, 0.25) is 0 Å². The molecule has 6 nitrogen and oxygen atoms in total. The normalized spacial score (nSPS) is 11.0. The van der Waals surface area contributed by atoms with E-state index < -0.39 is 18.1 Å². The van der Waals surface area contributed by atoms with Gasteiger partial charge in [0.1, 0.15) is 5.75 Å². The first-order valence-corrected chi connectivity index (χ1v) is 10.5. The minimum absolute atomic E-state index is 0.181. The maximum atomic E-state index is 10.6. The Morgan fingerprint density at radius 1 is 1.10 bits per heavy atom. The molecule has 178 valence electrons. The number of carboxylic acids is 2. The van der Waals surface area contributed by atoms with Crippen LogP contribution in [0.3, 0.4) is 0 Å². The molecule has 0 radical (unpaired) electrons. The van der Waals surface area contributed by atoms with Crippen molar-refractivity contribution < 1.29 is 37.7 Å². The van der Waals surface area contributed by atoms with Crippen LogP contribution in [0.4, 0.5) is 13.2 Å². The van der Waals surface area contributed by atoms with Gasteiger partial charge in [0, 0.05) is 6.54 Å². The van der Waals surface area contributed by atoms with E-state index in [1.165, 1.54) is 31.2 Å². The number of ether oxygens (including phenoxy) is 1. The third-order valence-corrected chi connectivity index (χ3v) is 4.36. The van der Waals surface area contributed by atoms with Gasteiger partial charge in [-0.15, -0.1) is 0 Å². The molecule has 0 aliphatic heterocycles. The third kappa shape index (κ3) is 16.1. The minimum atomic E-state index is -5.08. The standard InChI is InChI=1S/C20H33NO3.C2HF3O2/c1-3-7-18(8-4-2)16-24-19-11-5-9-17(15-19)10-6-13-21-14-12-20(22)23;3-2(4,5)1(6)7/h5,9,11,15,18,21H,3-4,6-8,10,12-14,16H2,1-2H3,(H,22,23);(H,6,7). The zero-order valence-corrected chi connectivity index (χ0v) is 18.2. The molecule has 0 unspecified atom stereocenters. The molecule has 0 atom stereocenters. The van der Waals surface area contributed by atoms with Crippen LogP contribution in [0.1, 0.15) is 57.9 Å². The molecule has 3 N–H and O–H groups in total. The highest BCUT2D eigenvalue weighted by Gasteiger charge is 2.38. The van der Waals surface area contributed by atoms with Crippen molar-refractivity contribution in [3.8, 4) is 5.75 Å². The summed E-state index contributed by atoms with van der Waals surface area (Å²) in [6.07, 6.45) is 1.96. The largest absolute Gasteiger partial charge is 0.493 e. The lowest BCUT2D eigenvalue weighted by Gasteiger charge is -2.16. The summed E-state index contributed by atoms with van der Waals surface area (Å²) in [5, 5.41) is 18.9. The predicted octanol–water partition coefficient (Wildman–Crippen LogP) is 4.91. The molecule has 0 amide bonds. The Kier molecular flexibility index (Phi) is 15.2. The van der Waals surface area contributed by atoms with Crippen LogP contribution >= 0.6 is 0 Å². The van der Waals surface area contributed by atoms with Crippen molar-refractivity contribution in [3.63, 3.8) is 0 Å². The summed E-state index contributed by atoms with van der Waals surface area (Å²) in [7, 11) is 0. The van der Waals surface area contributed by atoms with Gasteiger partial charge < -0.3 is 20.3 Å². The first kappa shape index (κ1) is 28.7. The number of halogens is 3. The summed E-state index contributed by atoms with van der Waals surface area (Å²) in [5.41, 5.74) is 1.27. The summed E-state index contributed by atoms with van der Waals surface area (Å²) in [5.74, 6) is -1.89. The van der Waals surface area contributed by atoms with E-state index in [0.29, 0.717) is 12.5 Å². The highest BCUT2D eigenvalue weighted by atomic mass is 19.4. The molecule has 0 heterocycles. The quantitative estimate of drug-likeness (QED) is 0.349. The second-order valence-electron chi connectivity index (χ2n) is 7.20. The van der Waals surface area contributed by atoms with Crippen LogP contribution in [-0.4, -0.2) is 48.0 Å². The second kappa shape index (κ2) is 16.4. The van der Waals surface area contributed by atoms with Crippen LogP contribution in [0, 0.1) is 5.92 Å². The minimum Gasteiger partial charge on any atom is -0.493 e. The SMILES string of the molecule is CCCC(CCC)COc1cccc(CCCNCCC(=O)O)c1.O=C(O)C(F)(F)F. The fourth-order valence-electron chi connectivity index (χ4n) is 2.87. The van der Waals surface area contributed by atoms with Crippen molar-refractivity contribution in [1.82, 2.24) is 5.32 Å². The highest BCUT2D eigenvalue weighted by Crippen LogP contribution is 2.19. The molecule has 0 bridgehead atoms. The van der Waals surface area contributed by atoms with Gasteiger partial charge in [0.05, 0.1) is 13.0 Å². The zero-order valence-electron chi connectivity index (χ0n) is 18.2. The number of aryl methyl sites for hydroxylation is 1. The molecule has 0 spiro atoms. The van der Waals surface area contributed by atoms with E-state index in [9.17, 15) is 18.0 Å². The lowest BCUT2D eigenvalue weighted by molar-refractivity contribution is -0.192. The number of benzene rings is 1. The lowest BCUT2D eigenvalue weighted by atomic mass is 9.99. The van der Waals surface area contributed by atoms with Gasteiger partial charge in [-0.25, -0.2) is 4.79 Å². The zero-order chi connectivity index (χ0) is 23.7. The van der Waals surface area contributed by atoms with E-state index in [1.807, 2.05) is 6.07 Å². The van der Waals surface area contributed by atoms with Crippen molar-refractivity contribution in [2.75, 3.05) is 19.7 Å². The van der Waals surface area contributed by atoms with Crippen LogP contribution < -0.4 is 10.1 Å². The van der Waals surface area contributed by atoms with Crippen LogP contribution in [0.15, 0.2) is 24.3 Å².